The Hall–Kier alpha value is -3.16. The van der Waals surface area contributed by atoms with Gasteiger partial charge in [-0.3, -0.25) is 19.7 Å². The van der Waals surface area contributed by atoms with Crippen molar-refractivity contribution < 1.29 is 9.59 Å². The zero-order valence-electron chi connectivity index (χ0n) is 15.2. The largest absolute Gasteiger partial charge is 0.343 e. The number of para-hydroxylation sites is 1. The molecule has 2 atom stereocenters. The summed E-state index contributed by atoms with van der Waals surface area (Å²) in [7, 11) is 1.85. The van der Waals surface area contributed by atoms with Crippen LogP contribution in [-0.4, -0.2) is 33.5 Å². The summed E-state index contributed by atoms with van der Waals surface area (Å²) in [6.07, 6.45) is 1.73. The van der Waals surface area contributed by atoms with Gasteiger partial charge in [0.05, 0.1) is 17.9 Å². The number of rotatable bonds is 4. The fourth-order valence-electron chi connectivity index (χ4n) is 2.79. The van der Waals surface area contributed by atoms with Crippen molar-refractivity contribution in [3.63, 3.8) is 0 Å². The molecule has 1 aliphatic heterocycles. The van der Waals surface area contributed by atoms with Gasteiger partial charge in [-0.05, 0) is 32.9 Å². The van der Waals surface area contributed by atoms with Crippen LogP contribution in [0.2, 0.25) is 0 Å². The molecule has 3 rings (SSSR count). The molecule has 1 aromatic heterocycles. The fourth-order valence-corrected chi connectivity index (χ4v) is 2.79. The topological polar surface area (TPSA) is 91.6 Å². The quantitative estimate of drug-likeness (QED) is 0.864. The van der Waals surface area contributed by atoms with Gasteiger partial charge in [-0.15, -0.1) is 0 Å². The zero-order chi connectivity index (χ0) is 18.8. The maximum atomic E-state index is 12.7. The fraction of sp³-hybridized carbons (Fsp3) is 0.333. The molecule has 0 fully saturated rings. The van der Waals surface area contributed by atoms with E-state index in [0.717, 1.165) is 11.3 Å². The third kappa shape index (κ3) is 3.30. The molecule has 8 heteroatoms. The molecule has 26 heavy (non-hydrogen) atoms. The summed E-state index contributed by atoms with van der Waals surface area (Å²) in [4.78, 5) is 29.3. The summed E-state index contributed by atoms with van der Waals surface area (Å²) >= 11 is 0. The smallest absolute Gasteiger partial charge is 0.288 e. The maximum absolute atomic E-state index is 12.7. The molecule has 2 N–H and O–H groups in total. The minimum Gasteiger partial charge on any atom is -0.343 e. The van der Waals surface area contributed by atoms with E-state index in [9.17, 15) is 9.59 Å². The van der Waals surface area contributed by atoms with Gasteiger partial charge in [0.1, 0.15) is 6.04 Å². The van der Waals surface area contributed by atoms with Crippen molar-refractivity contribution in [3.05, 3.63) is 47.8 Å². The second-order valence-corrected chi connectivity index (χ2v) is 6.28. The third-order valence-corrected chi connectivity index (χ3v) is 4.44. The summed E-state index contributed by atoms with van der Waals surface area (Å²) < 4.78 is 1.76. The van der Waals surface area contributed by atoms with Gasteiger partial charge in [-0.2, -0.15) is 5.10 Å². The van der Waals surface area contributed by atoms with Crippen LogP contribution in [0.15, 0.2) is 41.5 Å². The number of benzene rings is 1. The maximum Gasteiger partial charge on any atom is 0.288 e. The highest BCUT2D eigenvalue weighted by Gasteiger charge is 2.31. The number of hydrogen-bond donors (Lipinski definition) is 2. The molecule has 0 spiro atoms. The molecule has 1 aromatic carbocycles. The first-order valence-electron chi connectivity index (χ1n) is 8.41. The van der Waals surface area contributed by atoms with E-state index in [1.54, 1.807) is 29.9 Å². The second kappa shape index (κ2) is 6.99. The number of hydrogen-bond acceptors (Lipinski definition) is 5. The highest BCUT2D eigenvalue weighted by molar-refractivity contribution is 6.39. The van der Waals surface area contributed by atoms with E-state index in [0.29, 0.717) is 5.69 Å². The highest BCUT2D eigenvalue weighted by Crippen LogP contribution is 2.18. The number of amidine groups is 1. The predicted octanol–water partition coefficient (Wildman–Crippen LogP) is 1.24. The normalized spacial score (nSPS) is 18.2. The van der Waals surface area contributed by atoms with E-state index in [2.05, 4.69) is 20.8 Å². The van der Waals surface area contributed by atoms with Crippen molar-refractivity contribution in [3.8, 4) is 0 Å². The predicted molar refractivity (Wildman–Crippen MR) is 98.5 cm³/mol. The Labute approximate surface area is 151 Å². The van der Waals surface area contributed by atoms with Crippen molar-refractivity contribution in [2.45, 2.75) is 32.9 Å². The van der Waals surface area contributed by atoms with Crippen LogP contribution in [0.25, 0.3) is 0 Å². The van der Waals surface area contributed by atoms with E-state index in [1.807, 2.05) is 39.1 Å². The monoisotopic (exact) mass is 354 g/mol. The Bertz CT molecular complexity index is 858. The molecule has 8 nitrogen and oxygen atoms in total. The lowest BCUT2D eigenvalue weighted by Gasteiger charge is -2.30. The molecule has 136 valence electrons. The lowest BCUT2D eigenvalue weighted by atomic mass is 10.1. The van der Waals surface area contributed by atoms with Gasteiger partial charge < -0.3 is 5.32 Å². The van der Waals surface area contributed by atoms with Gasteiger partial charge in [0.15, 0.2) is 0 Å². The van der Waals surface area contributed by atoms with Gasteiger partial charge in [-0.25, -0.2) is 10.0 Å². The number of carbonyl (C=O) groups excluding carboxylic acids is 2. The number of nitrogens with zero attached hydrogens (tertiary/aromatic N) is 4. The van der Waals surface area contributed by atoms with Crippen LogP contribution < -0.4 is 15.8 Å². The molecule has 0 saturated heterocycles. The third-order valence-electron chi connectivity index (χ3n) is 4.44. The number of aryl methyl sites for hydroxylation is 1. The Morgan fingerprint density at radius 1 is 1.31 bits per heavy atom. The Kier molecular flexibility index (Phi) is 4.75. The first-order chi connectivity index (χ1) is 12.4. The molecule has 0 bridgehead atoms. The molecule has 2 heterocycles. The van der Waals surface area contributed by atoms with Crippen molar-refractivity contribution in [1.29, 1.82) is 0 Å². The number of anilines is 1. The van der Waals surface area contributed by atoms with E-state index >= 15 is 0 Å². The van der Waals surface area contributed by atoms with Crippen LogP contribution in [0.3, 0.4) is 0 Å². The summed E-state index contributed by atoms with van der Waals surface area (Å²) in [5.41, 5.74) is 5.39. The second-order valence-electron chi connectivity index (χ2n) is 6.28. The molecule has 0 aliphatic carbocycles. The molecular formula is C18H22N6O2. The molecule has 1 aliphatic rings. The number of carbonyl (C=O) groups is 2. The summed E-state index contributed by atoms with van der Waals surface area (Å²) in [5.74, 6) is -0.487. The van der Waals surface area contributed by atoms with Crippen molar-refractivity contribution in [2.24, 2.45) is 12.0 Å². The van der Waals surface area contributed by atoms with Gasteiger partial charge >= 0.3 is 0 Å². The number of hydrazine groups is 1. The standard InChI is InChI=1S/C18H22N6O2/c1-11(15-10-19-23(4)13(15)3)21-17(25)16-20-12(2)18(26)24(22-16)14-8-6-5-7-9-14/h5-12H,1-4H3,(H,20,22)(H,21,25)/t11-,12-/m0/s1. The molecule has 2 amide bonds. The lowest BCUT2D eigenvalue weighted by molar-refractivity contribution is -0.120. The Morgan fingerprint density at radius 3 is 2.62 bits per heavy atom. The van der Waals surface area contributed by atoms with E-state index < -0.39 is 6.04 Å². The van der Waals surface area contributed by atoms with Crippen LogP contribution in [0.5, 0.6) is 0 Å². The number of amides is 2. The molecule has 2 aromatic rings. The van der Waals surface area contributed by atoms with Crippen molar-refractivity contribution in [1.82, 2.24) is 20.5 Å². The summed E-state index contributed by atoms with van der Waals surface area (Å²) in [6.45, 7) is 5.50. The molecule has 0 saturated carbocycles. The number of nitrogens with one attached hydrogen (secondary N) is 2. The van der Waals surface area contributed by atoms with E-state index in [-0.39, 0.29) is 23.7 Å². The van der Waals surface area contributed by atoms with Crippen LogP contribution in [0.4, 0.5) is 5.69 Å². The van der Waals surface area contributed by atoms with Crippen molar-refractivity contribution in [2.75, 3.05) is 5.01 Å². The number of aliphatic imine (C=N–C) groups is 1. The first-order valence-corrected chi connectivity index (χ1v) is 8.41. The zero-order valence-corrected chi connectivity index (χ0v) is 15.2. The molecular weight excluding hydrogens is 332 g/mol. The van der Waals surface area contributed by atoms with Crippen molar-refractivity contribution >= 4 is 23.3 Å². The van der Waals surface area contributed by atoms with Crippen LogP contribution in [0, 0.1) is 6.92 Å². The summed E-state index contributed by atoms with van der Waals surface area (Å²) in [6, 6.07) is 8.22. The SMILES string of the molecule is Cc1c([C@H](C)NC(=O)C2=N[C@@H](C)C(=O)N(c3ccccc3)N2)cnn1C. The average molecular weight is 354 g/mol. The van der Waals surface area contributed by atoms with Crippen LogP contribution >= 0.6 is 0 Å². The highest BCUT2D eigenvalue weighted by atomic mass is 16.2. The minimum atomic E-state index is -0.646. The Morgan fingerprint density at radius 2 is 2.00 bits per heavy atom. The average Bonchev–Trinajstić information content (AvgIpc) is 2.97. The minimum absolute atomic E-state index is 0.106. The van der Waals surface area contributed by atoms with Gasteiger partial charge in [-0.1, -0.05) is 18.2 Å². The lowest BCUT2D eigenvalue weighted by Crippen LogP contribution is -2.58. The van der Waals surface area contributed by atoms with Gasteiger partial charge in [0.2, 0.25) is 5.84 Å². The van der Waals surface area contributed by atoms with Crippen LogP contribution in [-0.2, 0) is 16.6 Å². The summed E-state index contributed by atoms with van der Waals surface area (Å²) in [5, 5.41) is 8.46. The van der Waals surface area contributed by atoms with E-state index in [4.69, 9.17) is 0 Å². The van der Waals surface area contributed by atoms with Crippen LogP contribution in [0.1, 0.15) is 31.1 Å². The van der Waals surface area contributed by atoms with Gasteiger partial charge in [0, 0.05) is 18.3 Å². The number of aromatic nitrogens is 2. The molecule has 0 radical (unpaired) electrons. The molecule has 0 unspecified atom stereocenters. The van der Waals surface area contributed by atoms with E-state index in [1.165, 1.54) is 5.01 Å². The van der Waals surface area contributed by atoms with Gasteiger partial charge in [0.25, 0.3) is 11.8 Å². The Balaban J connectivity index is 1.77. The first kappa shape index (κ1) is 17.7.